The summed E-state index contributed by atoms with van der Waals surface area (Å²) in [5, 5.41) is 8.75. The summed E-state index contributed by atoms with van der Waals surface area (Å²) in [6, 6.07) is 5.59. The monoisotopic (exact) mass is 285 g/mol. The Balaban J connectivity index is 2.18. The first-order valence-electron chi connectivity index (χ1n) is 7.51. The maximum Gasteiger partial charge on any atom is 0.253 e. The van der Waals surface area contributed by atoms with Crippen LogP contribution in [0.3, 0.4) is 0 Å². The number of amides is 1. The van der Waals surface area contributed by atoms with Crippen LogP contribution in [0.25, 0.3) is 0 Å². The third-order valence-electron chi connectivity index (χ3n) is 3.93. The van der Waals surface area contributed by atoms with Crippen molar-refractivity contribution < 1.29 is 9.90 Å². The molecule has 1 aromatic rings. The van der Waals surface area contributed by atoms with E-state index < -0.39 is 0 Å². The number of likely N-dealkylation sites (tertiary alicyclic amines) is 1. The molecule has 3 heteroatoms. The Bertz CT molecular complexity index is 573. The van der Waals surface area contributed by atoms with Gasteiger partial charge in [0, 0.05) is 24.2 Å². The van der Waals surface area contributed by atoms with Crippen LogP contribution in [0.15, 0.2) is 18.2 Å². The van der Waals surface area contributed by atoms with Gasteiger partial charge >= 0.3 is 0 Å². The van der Waals surface area contributed by atoms with Crippen molar-refractivity contribution in [2.75, 3.05) is 19.7 Å². The van der Waals surface area contributed by atoms with Gasteiger partial charge in [0.05, 0.1) is 0 Å². The summed E-state index contributed by atoms with van der Waals surface area (Å²) >= 11 is 0. The van der Waals surface area contributed by atoms with Gasteiger partial charge < -0.3 is 10.0 Å². The quantitative estimate of drug-likeness (QED) is 0.805. The molecule has 1 aliphatic heterocycles. The van der Waals surface area contributed by atoms with Crippen LogP contribution in [0.4, 0.5) is 0 Å². The Hall–Kier alpha value is -1.79. The average Bonchev–Trinajstić information content (AvgIpc) is 2.44. The lowest BCUT2D eigenvalue weighted by Crippen LogP contribution is -2.42. The van der Waals surface area contributed by atoms with Crippen molar-refractivity contribution in [2.24, 2.45) is 11.8 Å². The molecular weight excluding hydrogens is 262 g/mol. The van der Waals surface area contributed by atoms with Crippen molar-refractivity contribution in [1.29, 1.82) is 0 Å². The molecule has 0 saturated carbocycles. The number of carbonyl (C=O) groups is 1. The molecule has 0 aromatic heterocycles. The third kappa shape index (κ3) is 3.86. The standard InChI is InChI=1S/C18H23NO2/c1-13-9-14(2)12-19(11-13)18(21)17-7-6-16(5-4-8-20)15(3)10-17/h6-7,10,13-14,20H,8-9,11-12H2,1-3H3. The first-order valence-corrected chi connectivity index (χ1v) is 7.51. The zero-order valence-electron chi connectivity index (χ0n) is 13.0. The first-order chi connectivity index (χ1) is 10.0. The molecule has 112 valence electrons. The van der Waals surface area contributed by atoms with E-state index in [4.69, 9.17) is 5.11 Å². The van der Waals surface area contributed by atoms with Crippen LogP contribution in [0, 0.1) is 30.6 Å². The minimum atomic E-state index is -0.149. The molecule has 1 saturated heterocycles. The predicted octanol–water partition coefficient (Wildman–Crippen LogP) is 2.46. The highest BCUT2D eigenvalue weighted by Crippen LogP contribution is 2.23. The Morgan fingerprint density at radius 2 is 2.00 bits per heavy atom. The van der Waals surface area contributed by atoms with Gasteiger partial charge in [0.1, 0.15) is 6.61 Å². The van der Waals surface area contributed by atoms with Gasteiger partial charge in [0.2, 0.25) is 0 Å². The number of aliphatic hydroxyl groups is 1. The second-order valence-electron chi connectivity index (χ2n) is 6.15. The van der Waals surface area contributed by atoms with E-state index >= 15 is 0 Å². The van der Waals surface area contributed by atoms with Crippen LogP contribution in [0.1, 0.15) is 41.8 Å². The highest BCUT2D eigenvalue weighted by Gasteiger charge is 2.26. The number of hydrogen-bond donors (Lipinski definition) is 1. The topological polar surface area (TPSA) is 40.5 Å². The lowest BCUT2D eigenvalue weighted by atomic mass is 9.91. The van der Waals surface area contributed by atoms with E-state index in [-0.39, 0.29) is 12.5 Å². The number of hydrogen-bond acceptors (Lipinski definition) is 2. The van der Waals surface area contributed by atoms with Crippen LogP contribution in [-0.2, 0) is 0 Å². The van der Waals surface area contributed by atoms with Crippen LogP contribution in [0.2, 0.25) is 0 Å². The zero-order chi connectivity index (χ0) is 15.4. The Morgan fingerprint density at radius 1 is 1.33 bits per heavy atom. The molecule has 2 unspecified atom stereocenters. The van der Waals surface area contributed by atoms with Crippen molar-refractivity contribution >= 4 is 5.91 Å². The number of nitrogens with zero attached hydrogens (tertiary/aromatic N) is 1. The molecule has 0 bridgehead atoms. The van der Waals surface area contributed by atoms with Crippen LogP contribution in [0.5, 0.6) is 0 Å². The number of benzene rings is 1. The molecule has 1 fully saturated rings. The van der Waals surface area contributed by atoms with Gasteiger partial charge in [-0.25, -0.2) is 0 Å². The molecule has 1 aromatic carbocycles. The van der Waals surface area contributed by atoms with Crippen LogP contribution in [-0.4, -0.2) is 35.6 Å². The fourth-order valence-electron chi connectivity index (χ4n) is 3.08. The van der Waals surface area contributed by atoms with Gasteiger partial charge in [-0.1, -0.05) is 25.7 Å². The molecule has 0 aliphatic carbocycles. The summed E-state index contributed by atoms with van der Waals surface area (Å²) in [7, 11) is 0. The van der Waals surface area contributed by atoms with E-state index in [0.717, 1.165) is 29.8 Å². The van der Waals surface area contributed by atoms with E-state index in [9.17, 15) is 4.79 Å². The highest BCUT2D eigenvalue weighted by atomic mass is 16.2. The van der Waals surface area contributed by atoms with Gasteiger partial charge in [0.25, 0.3) is 5.91 Å². The van der Waals surface area contributed by atoms with Gasteiger partial charge in [-0.15, -0.1) is 0 Å². The lowest BCUT2D eigenvalue weighted by Gasteiger charge is -2.35. The molecule has 0 radical (unpaired) electrons. The molecule has 3 nitrogen and oxygen atoms in total. The van der Waals surface area contributed by atoms with Gasteiger partial charge in [-0.3, -0.25) is 4.79 Å². The smallest absolute Gasteiger partial charge is 0.253 e. The molecule has 1 amide bonds. The number of rotatable bonds is 1. The molecule has 1 aliphatic rings. The molecule has 1 heterocycles. The summed E-state index contributed by atoms with van der Waals surface area (Å²) in [5.74, 6) is 6.77. The molecule has 0 spiro atoms. The maximum absolute atomic E-state index is 12.6. The summed E-state index contributed by atoms with van der Waals surface area (Å²) in [6.07, 6.45) is 1.19. The fraction of sp³-hybridized carbons (Fsp3) is 0.500. The van der Waals surface area contributed by atoms with Gasteiger partial charge in [0.15, 0.2) is 0 Å². The minimum absolute atomic E-state index is 0.109. The summed E-state index contributed by atoms with van der Waals surface area (Å²) < 4.78 is 0. The maximum atomic E-state index is 12.6. The van der Waals surface area contributed by atoms with E-state index in [2.05, 4.69) is 25.7 Å². The Kier molecular flexibility index (Phi) is 5.03. The normalized spacial score (nSPS) is 21.6. The Morgan fingerprint density at radius 3 is 2.57 bits per heavy atom. The second kappa shape index (κ2) is 6.78. The summed E-state index contributed by atoms with van der Waals surface area (Å²) in [4.78, 5) is 14.6. The summed E-state index contributed by atoms with van der Waals surface area (Å²) in [5.41, 5.74) is 2.56. The predicted molar refractivity (Wildman–Crippen MR) is 84.0 cm³/mol. The number of piperidine rings is 1. The van der Waals surface area contributed by atoms with E-state index in [1.807, 2.05) is 30.0 Å². The summed E-state index contributed by atoms with van der Waals surface area (Å²) in [6.45, 7) is 7.88. The lowest BCUT2D eigenvalue weighted by molar-refractivity contribution is 0.0623. The molecular formula is C18H23NO2. The van der Waals surface area contributed by atoms with Crippen LogP contribution >= 0.6 is 0 Å². The molecule has 1 N–H and O–H groups in total. The molecule has 2 atom stereocenters. The van der Waals surface area contributed by atoms with Crippen molar-refractivity contribution in [3.8, 4) is 11.8 Å². The number of aryl methyl sites for hydroxylation is 1. The molecule has 2 rings (SSSR count). The van der Waals surface area contributed by atoms with E-state index in [0.29, 0.717) is 11.8 Å². The van der Waals surface area contributed by atoms with E-state index in [1.165, 1.54) is 6.42 Å². The third-order valence-corrected chi connectivity index (χ3v) is 3.93. The van der Waals surface area contributed by atoms with Gasteiger partial charge in [-0.05, 0) is 48.9 Å². The largest absolute Gasteiger partial charge is 0.384 e. The number of carbonyl (C=O) groups excluding carboxylic acids is 1. The number of aliphatic hydroxyl groups excluding tert-OH is 1. The van der Waals surface area contributed by atoms with Crippen molar-refractivity contribution in [3.63, 3.8) is 0 Å². The molecule has 21 heavy (non-hydrogen) atoms. The second-order valence-corrected chi connectivity index (χ2v) is 6.15. The first kappa shape index (κ1) is 15.6. The minimum Gasteiger partial charge on any atom is -0.384 e. The zero-order valence-corrected chi connectivity index (χ0v) is 13.0. The fourth-order valence-corrected chi connectivity index (χ4v) is 3.08. The van der Waals surface area contributed by atoms with Crippen molar-refractivity contribution in [1.82, 2.24) is 4.90 Å². The van der Waals surface area contributed by atoms with Gasteiger partial charge in [-0.2, -0.15) is 0 Å². The Labute approximate surface area is 127 Å². The van der Waals surface area contributed by atoms with E-state index in [1.54, 1.807) is 0 Å². The van der Waals surface area contributed by atoms with Crippen molar-refractivity contribution in [2.45, 2.75) is 27.2 Å². The van der Waals surface area contributed by atoms with Crippen molar-refractivity contribution in [3.05, 3.63) is 34.9 Å². The average molecular weight is 285 g/mol. The van der Waals surface area contributed by atoms with Crippen LogP contribution < -0.4 is 0 Å². The SMILES string of the molecule is Cc1cc(C(=O)N2CC(C)CC(C)C2)ccc1C#CCO. The highest BCUT2D eigenvalue weighted by molar-refractivity contribution is 5.94.